The summed E-state index contributed by atoms with van der Waals surface area (Å²) in [6.45, 7) is 23.5. The number of fused-ring (bicyclic) bond motifs is 6. The van der Waals surface area contributed by atoms with Crippen molar-refractivity contribution in [2.75, 3.05) is 4.90 Å². The first-order valence-corrected chi connectivity index (χ1v) is 21.6. The van der Waals surface area contributed by atoms with Crippen LogP contribution in [0.3, 0.4) is 0 Å². The Bertz CT molecular complexity index is 3250. The predicted molar refractivity (Wildman–Crippen MR) is 258 cm³/mol. The quantitative estimate of drug-likeness (QED) is 0.119. The van der Waals surface area contributed by atoms with Crippen LogP contribution in [0.5, 0.6) is 0 Å². The molecule has 0 bridgehead atoms. The van der Waals surface area contributed by atoms with Gasteiger partial charge >= 0.3 is 0 Å². The summed E-state index contributed by atoms with van der Waals surface area (Å²) < 4.78 is 1.79. The Kier molecular flexibility index (Phi) is 8.28. The minimum atomic E-state index is -0.0227. The summed E-state index contributed by atoms with van der Waals surface area (Å²) in [4.78, 5) is 21.8. The first kappa shape index (κ1) is 38.2. The van der Waals surface area contributed by atoms with E-state index in [0.717, 1.165) is 73.3 Å². The zero-order valence-electron chi connectivity index (χ0n) is 36.8. The number of hydrogen-bond acceptors (Lipinski definition) is 3. The summed E-state index contributed by atoms with van der Waals surface area (Å²) in [6, 6.07) is 46.5. The lowest BCUT2D eigenvalue weighted by molar-refractivity contribution is 0.283. The molecule has 10 aromatic rings. The monoisotopic (exact) mass is 785 g/mol. The lowest BCUT2D eigenvalue weighted by Gasteiger charge is -2.34. The Labute approximate surface area is 353 Å². The Balaban J connectivity index is 1.20. The number of nitrogens with zero attached hydrogens (tertiary/aromatic N) is 3. The Morgan fingerprint density at radius 1 is 0.467 bits per heavy atom. The molecule has 0 fully saturated rings. The summed E-state index contributed by atoms with van der Waals surface area (Å²) in [7, 11) is 0. The lowest BCUT2D eigenvalue weighted by atomic mass is 9.72. The van der Waals surface area contributed by atoms with Crippen molar-refractivity contribution in [3.63, 3.8) is 0 Å². The second kappa shape index (κ2) is 13.0. The first-order chi connectivity index (χ1) is 28.4. The van der Waals surface area contributed by atoms with Crippen LogP contribution in [0.2, 0.25) is 0 Å². The van der Waals surface area contributed by atoms with Gasteiger partial charge in [0.15, 0.2) is 0 Å². The van der Waals surface area contributed by atoms with Crippen molar-refractivity contribution in [2.45, 2.75) is 92.9 Å². The SMILES string of the molecule is CC(C)(C)CC(C)(C)c1ccc(N(c2ccc(C(C)(C)CC(C)(C)C)cc2)c2ccc3c4ccc5c6c(ccc(c7cccc2c73)c46)c(=O)n2c3ccccc3nc52)cc1. The van der Waals surface area contributed by atoms with E-state index in [1.165, 1.54) is 32.7 Å². The van der Waals surface area contributed by atoms with Crippen molar-refractivity contribution in [3.8, 4) is 0 Å². The first-order valence-electron chi connectivity index (χ1n) is 21.6. The number of aromatic nitrogens is 2. The molecule has 60 heavy (non-hydrogen) atoms. The highest BCUT2D eigenvalue weighted by Gasteiger charge is 2.30. The molecule has 10 rings (SSSR count). The maximum absolute atomic E-state index is 14.3. The maximum atomic E-state index is 14.3. The molecule has 0 aliphatic carbocycles. The number of hydrogen-bond donors (Lipinski definition) is 0. The van der Waals surface area contributed by atoms with Crippen molar-refractivity contribution >= 4 is 87.6 Å². The Morgan fingerprint density at radius 2 is 0.933 bits per heavy atom. The molecule has 0 saturated carbocycles. The molecule has 4 nitrogen and oxygen atoms in total. The average molecular weight is 786 g/mol. The third kappa shape index (κ3) is 6.01. The van der Waals surface area contributed by atoms with Crippen molar-refractivity contribution < 1.29 is 0 Å². The molecule has 0 radical (unpaired) electrons. The number of anilines is 3. The number of benzene rings is 8. The van der Waals surface area contributed by atoms with Crippen LogP contribution in [-0.4, -0.2) is 9.38 Å². The molecule has 0 unspecified atom stereocenters. The topological polar surface area (TPSA) is 37.6 Å². The standard InChI is InChI=1S/C56H55N3O/c1-53(2,3)32-55(7,8)34-18-22-36(23-19-34)58(37-24-20-35(21-25-37)56(9,10)33-54(4,5)6)46-31-30-39-41-26-28-43-50-44(52(60)59-47-17-12-11-16-45(47)57-51(43)59)29-27-40(49(41)50)38-14-13-15-42(46)48(38)39/h11-31H,32-33H2,1-10H3. The van der Waals surface area contributed by atoms with Gasteiger partial charge in [-0.2, -0.15) is 0 Å². The van der Waals surface area contributed by atoms with Crippen LogP contribution in [0.4, 0.5) is 17.1 Å². The molecule has 2 aromatic heterocycles. The van der Waals surface area contributed by atoms with Gasteiger partial charge in [-0.25, -0.2) is 4.98 Å². The van der Waals surface area contributed by atoms with Gasteiger partial charge in [0.25, 0.3) is 5.56 Å². The molecule has 300 valence electrons. The number of pyridine rings is 1. The number of para-hydroxylation sites is 2. The van der Waals surface area contributed by atoms with Crippen molar-refractivity contribution in [1.82, 2.24) is 9.38 Å². The molecular weight excluding hydrogens is 731 g/mol. The molecule has 4 heteroatoms. The van der Waals surface area contributed by atoms with Gasteiger partial charge < -0.3 is 4.90 Å². The second-order valence-corrected chi connectivity index (χ2v) is 21.2. The number of rotatable bonds is 7. The minimum Gasteiger partial charge on any atom is -0.310 e. The summed E-state index contributed by atoms with van der Waals surface area (Å²) in [6.07, 6.45) is 2.18. The van der Waals surface area contributed by atoms with Crippen LogP contribution in [0.1, 0.15) is 93.2 Å². The van der Waals surface area contributed by atoms with E-state index in [-0.39, 0.29) is 27.2 Å². The molecule has 0 N–H and O–H groups in total. The van der Waals surface area contributed by atoms with Gasteiger partial charge in [-0.3, -0.25) is 9.20 Å². The fraction of sp³-hybridized carbons (Fsp3) is 0.286. The van der Waals surface area contributed by atoms with Gasteiger partial charge in [-0.05, 0) is 133 Å². The van der Waals surface area contributed by atoms with Crippen LogP contribution < -0.4 is 10.5 Å². The summed E-state index contributed by atoms with van der Waals surface area (Å²) in [5.41, 5.74) is 8.97. The molecule has 0 atom stereocenters. The maximum Gasteiger partial charge on any atom is 0.264 e. The summed E-state index contributed by atoms with van der Waals surface area (Å²) in [5, 5.41) is 11.0. The molecule has 0 aliphatic heterocycles. The fourth-order valence-corrected chi connectivity index (χ4v) is 11.3. The van der Waals surface area contributed by atoms with E-state index in [1.54, 1.807) is 4.40 Å². The van der Waals surface area contributed by atoms with E-state index < -0.39 is 0 Å². The average Bonchev–Trinajstić information content (AvgIpc) is 3.58. The molecule has 0 aliphatic rings. The number of imidazole rings is 1. The van der Waals surface area contributed by atoms with Gasteiger partial charge in [0, 0.05) is 32.9 Å². The van der Waals surface area contributed by atoms with E-state index in [0.29, 0.717) is 5.65 Å². The lowest BCUT2D eigenvalue weighted by Crippen LogP contribution is -2.25. The van der Waals surface area contributed by atoms with Gasteiger partial charge in [-0.15, -0.1) is 0 Å². The van der Waals surface area contributed by atoms with Gasteiger partial charge in [-0.1, -0.05) is 142 Å². The van der Waals surface area contributed by atoms with Crippen LogP contribution in [0, 0.1) is 10.8 Å². The van der Waals surface area contributed by atoms with Crippen molar-refractivity contribution in [1.29, 1.82) is 0 Å². The third-order valence-electron chi connectivity index (χ3n) is 13.0. The highest BCUT2D eigenvalue weighted by molar-refractivity contribution is 6.38. The van der Waals surface area contributed by atoms with E-state index in [1.807, 2.05) is 30.3 Å². The molecule has 0 saturated heterocycles. The zero-order valence-corrected chi connectivity index (χ0v) is 36.8. The zero-order chi connectivity index (χ0) is 42.1. The smallest absolute Gasteiger partial charge is 0.264 e. The second-order valence-electron chi connectivity index (χ2n) is 21.2. The molecule has 8 aromatic carbocycles. The van der Waals surface area contributed by atoms with Gasteiger partial charge in [0.05, 0.1) is 16.7 Å². The van der Waals surface area contributed by atoms with Gasteiger partial charge in [0.1, 0.15) is 5.65 Å². The van der Waals surface area contributed by atoms with E-state index >= 15 is 0 Å². The summed E-state index contributed by atoms with van der Waals surface area (Å²) in [5.74, 6) is 0. The molecular formula is C56H55N3O. The van der Waals surface area contributed by atoms with Crippen molar-refractivity contribution in [2.24, 2.45) is 10.8 Å². The van der Waals surface area contributed by atoms with Crippen LogP contribution >= 0.6 is 0 Å². The minimum absolute atomic E-state index is 0.0227. The van der Waals surface area contributed by atoms with Gasteiger partial charge in [0.2, 0.25) is 0 Å². The predicted octanol–water partition coefficient (Wildman–Crippen LogP) is 15.4. The molecule has 0 spiro atoms. The highest BCUT2D eigenvalue weighted by Crippen LogP contribution is 2.48. The van der Waals surface area contributed by atoms with Crippen molar-refractivity contribution in [3.05, 3.63) is 149 Å². The summed E-state index contributed by atoms with van der Waals surface area (Å²) >= 11 is 0. The van der Waals surface area contributed by atoms with Crippen LogP contribution in [0.25, 0.3) is 70.5 Å². The Hall–Kier alpha value is -6.00. The molecule has 0 amide bonds. The van der Waals surface area contributed by atoms with Crippen LogP contribution in [-0.2, 0) is 10.8 Å². The van der Waals surface area contributed by atoms with E-state index in [9.17, 15) is 4.79 Å². The highest BCUT2D eigenvalue weighted by atomic mass is 16.1. The largest absolute Gasteiger partial charge is 0.310 e. The van der Waals surface area contributed by atoms with Crippen LogP contribution in [0.15, 0.2) is 132 Å². The normalized spacial score (nSPS) is 13.4. The third-order valence-corrected chi connectivity index (χ3v) is 13.0. The van der Waals surface area contributed by atoms with E-state index in [4.69, 9.17) is 4.98 Å². The van der Waals surface area contributed by atoms with E-state index in [2.05, 4.69) is 171 Å². The Morgan fingerprint density at radius 3 is 1.52 bits per heavy atom. The fourth-order valence-electron chi connectivity index (χ4n) is 11.3. The molecule has 2 heterocycles.